The van der Waals surface area contributed by atoms with E-state index in [-0.39, 0.29) is 36.2 Å². The number of hydrogen-bond donors (Lipinski definition) is 1. The average Bonchev–Trinajstić information content (AvgIpc) is 3.27. The van der Waals surface area contributed by atoms with E-state index in [0.29, 0.717) is 16.5 Å². The maximum Gasteiger partial charge on any atom is 0.351 e. The van der Waals surface area contributed by atoms with Gasteiger partial charge in [0, 0.05) is 26.1 Å². The summed E-state index contributed by atoms with van der Waals surface area (Å²) in [6.07, 6.45) is 1.59. The number of amides is 1. The number of carbonyl (C=O) groups excluding carboxylic acids is 1. The number of aromatic nitrogens is 6. The molecule has 0 radical (unpaired) electrons. The number of aryl methyl sites for hydroxylation is 2. The van der Waals surface area contributed by atoms with E-state index < -0.39 is 11.2 Å². The normalized spacial score (nSPS) is 10.9. The van der Waals surface area contributed by atoms with Crippen molar-refractivity contribution in [2.24, 2.45) is 7.05 Å². The number of carbonyl (C=O) groups is 1. The molecule has 0 saturated carbocycles. The number of benzene rings is 1. The summed E-state index contributed by atoms with van der Waals surface area (Å²) in [5.74, 6) is 0.112. The molecule has 168 valence electrons. The Kier molecular flexibility index (Phi) is 6.13. The monoisotopic (exact) mass is 467 g/mol. The first-order chi connectivity index (χ1) is 15.8. The van der Waals surface area contributed by atoms with Crippen molar-refractivity contribution < 1.29 is 9.32 Å². The van der Waals surface area contributed by atoms with E-state index in [4.69, 9.17) is 16.1 Å². The smallest absolute Gasteiger partial charge is 0.339 e. The van der Waals surface area contributed by atoms with Gasteiger partial charge in [0.2, 0.25) is 17.6 Å². The lowest BCUT2D eigenvalue weighted by atomic mass is 10.2. The third kappa shape index (κ3) is 4.88. The van der Waals surface area contributed by atoms with Crippen LogP contribution in [0.15, 0.2) is 56.7 Å². The fourth-order valence-electron chi connectivity index (χ4n) is 2.90. The van der Waals surface area contributed by atoms with E-state index in [1.54, 1.807) is 24.3 Å². The van der Waals surface area contributed by atoms with Crippen LogP contribution in [0.4, 0.5) is 5.82 Å². The first kappa shape index (κ1) is 22.1. The SMILES string of the molecule is Cc1ccc(-n2nc(-c3noc(CCC(=O)Nc4ccc(Cl)cn4)n3)c(=O)n(C)c2=O)cc1. The van der Waals surface area contributed by atoms with Crippen LogP contribution in [0.5, 0.6) is 0 Å². The number of hydrogen-bond acceptors (Lipinski definition) is 8. The standard InChI is InChI=1S/C21H18ClN7O4/c1-12-3-6-14(7-4-12)29-21(32)28(2)20(31)18(26-29)19-25-17(33-27-19)10-9-16(30)24-15-8-5-13(22)11-23-15/h3-8,11H,9-10H2,1-2H3,(H,23,24,30). The van der Waals surface area contributed by atoms with Crippen molar-refractivity contribution in [3.8, 4) is 17.2 Å². The van der Waals surface area contributed by atoms with Crippen molar-refractivity contribution in [1.29, 1.82) is 0 Å². The van der Waals surface area contributed by atoms with Gasteiger partial charge >= 0.3 is 5.69 Å². The Labute approximate surface area is 191 Å². The Balaban J connectivity index is 1.53. The van der Waals surface area contributed by atoms with Crippen LogP contribution in [0.3, 0.4) is 0 Å². The number of rotatable bonds is 6. The first-order valence-corrected chi connectivity index (χ1v) is 10.2. The van der Waals surface area contributed by atoms with Crippen molar-refractivity contribution in [1.82, 2.24) is 29.5 Å². The lowest BCUT2D eigenvalue weighted by Crippen LogP contribution is -2.40. The Morgan fingerprint density at radius 3 is 2.61 bits per heavy atom. The predicted molar refractivity (Wildman–Crippen MR) is 119 cm³/mol. The molecular weight excluding hydrogens is 450 g/mol. The van der Waals surface area contributed by atoms with Crippen LogP contribution in [-0.2, 0) is 18.3 Å². The van der Waals surface area contributed by atoms with Gasteiger partial charge in [0.1, 0.15) is 5.82 Å². The molecule has 0 aliphatic carbocycles. The molecule has 0 bridgehead atoms. The van der Waals surface area contributed by atoms with E-state index in [9.17, 15) is 14.4 Å². The number of nitrogens with one attached hydrogen (secondary N) is 1. The third-order valence-electron chi connectivity index (χ3n) is 4.69. The topological polar surface area (TPSA) is 138 Å². The lowest BCUT2D eigenvalue weighted by molar-refractivity contribution is -0.116. The highest BCUT2D eigenvalue weighted by Crippen LogP contribution is 2.13. The van der Waals surface area contributed by atoms with Crippen LogP contribution >= 0.6 is 11.6 Å². The number of nitrogens with zero attached hydrogens (tertiary/aromatic N) is 6. The molecule has 0 aliphatic heterocycles. The van der Waals surface area contributed by atoms with Crippen LogP contribution in [-0.4, -0.2) is 35.4 Å². The second kappa shape index (κ2) is 9.17. The summed E-state index contributed by atoms with van der Waals surface area (Å²) in [5.41, 5.74) is 0.0720. The highest BCUT2D eigenvalue weighted by Gasteiger charge is 2.19. The van der Waals surface area contributed by atoms with Gasteiger partial charge in [-0.05, 0) is 31.2 Å². The van der Waals surface area contributed by atoms with E-state index in [0.717, 1.165) is 14.8 Å². The molecule has 4 aromatic rings. The van der Waals surface area contributed by atoms with Crippen molar-refractivity contribution in [2.75, 3.05) is 5.32 Å². The van der Waals surface area contributed by atoms with Gasteiger partial charge in [-0.2, -0.15) is 14.8 Å². The molecule has 4 rings (SSSR count). The maximum atomic E-state index is 12.6. The Bertz CT molecular complexity index is 1420. The number of anilines is 1. The molecule has 1 amide bonds. The molecule has 0 saturated heterocycles. The summed E-state index contributed by atoms with van der Waals surface area (Å²) in [4.78, 5) is 45.5. The molecule has 33 heavy (non-hydrogen) atoms. The van der Waals surface area contributed by atoms with Gasteiger partial charge in [-0.15, -0.1) is 0 Å². The van der Waals surface area contributed by atoms with Crippen molar-refractivity contribution >= 4 is 23.3 Å². The molecule has 1 aromatic carbocycles. The molecule has 11 nitrogen and oxygen atoms in total. The van der Waals surface area contributed by atoms with Gasteiger partial charge in [-0.3, -0.25) is 14.2 Å². The second-order valence-corrected chi connectivity index (χ2v) is 7.60. The van der Waals surface area contributed by atoms with E-state index in [1.807, 2.05) is 19.1 Å². The summed E-state index contributed by atoms with van der Waals surface area (Å²) >= 11 is 5.77. The fraction of sp³-hybridized carbons (Fsp3) is 0.190. The molecule has 3 heterocycles. The summed E-state index contributed by atoms with van der Waals surface area (Å²) < 4.78 is 7.19. The zero-order valence-electron chi connectivity index (χ0n) is 17.6. The van der Waals surface area contributed by atoms with E-state index in [2.05, 4.69) is 25.5 Å². The molecule has 0 atom stereocenters. The quantitative estimate of drug-likeness (QED) is 0.453. The lowest BCUT2D eigenvalue weighted by Gasteiger charge is -2.08. The molecule has 1 N–H and O–H groups in total. The molecular formula is C21H18ClN7O4. The largest absolute Gasteiger partial charge is 0.351 e. The Morgan fingerprint density at radius 2 is 1.91 bits per heavy atom. The summed E-state index contributed by atoms with van der Waals surface area (Å²) in [5, 5.41) is 11.1. The van der Waals surface area contributed by atoms with Gasteiger partial charge in [0.15, 0.2) is 5.69 Å². The summed E-state index contributed by atoms with van der Waals surface area (Å²) in [6.45, 7) is 1.92. The van der Waals surface area contributed by atoms with Crippen LogP contribution in [0.25, 0.3) is 17.2 Å². The highest BCUT2D eigenvalue weighted by atomic mass is 35.5. The maximum absolute atomic E-state index is 12.6. The number of pyridine rings is 1. The van der Waals surface area contributed by atoms with Crippen molar-refractivity contribution in [2.45, 2.75) is 19.8 Å². The minimum atomic E-state index is -0.665. The first-order valence-electron chi connectivity index (χ1n) is 9.83. The molecule has 12 heteroatoms. The fourth-order valence-corrected chi connectivity index (χ4v) is 3.01. The Morgan fingerprint density at radius 1 is 1.15 bits per heavy atom. The van der Waals surface area contributed by atoms with Crippen LogP contribution < -0.4 is 16.6 Å². The van der Waals surface area contributed by atoms with Gasteiger partial charge < -0.3 is 9.84 Å². The second-order valence-electron chi connectivity index (χ2n) is 7.16. The zero-order valence-corrected chi connectivity index (χ0v) is 18.4. The summed E-state index contributed by atoms with van der Waals surface area (Å²) in [7, 11) is 1.34. The molecule has 0 spiro atoms. The molecule has 0 aliphatic rings. The number of halogens is 1. The van der Waals surface area contributed by atoms with Crippen LogP contribution in [0.2, 0.25) is 5.02 Å². The van der Waals surface area contributed by atoms with E-state index in [1.165, 1.54) is 13.2 Å². The third-order valence-corrected chi connectivity index (χ3v) is 4.92. The zero-order chi connectivity index (χ0) is 23.5. The van der Waals surface area contributed by atoms with Gasteiger partial charge in [0.25, 0.3) is 5.56 Å². The van der Waals surface area contributed by atoms with Gasteiger partial charge in [-0.1, -0.05) is 34.5 Å². The highest BCUT2D eigenvalue weighted by molar-refractivity contribution is 6.30. The van der Waals surface area contributed by atoms with Gasteiger partial charge in [0.05, 0.1) is 10.7 Å². The minimum absolute atomic E-state index is 0.0419. The van der Waals surface area contributed by atoms with Gasteiger partial charge in [-0.25, -0.2) is 9.78 Å². The molecule has 0 unspecified atom stereocenters. The predicted octanol–water partition coefficient (Wildman–Crippen LogP) is 1.91. The van der Waals surface area contributed by atoms with Crippen molar-refractivity contribution in [3.63, 3.8) is 0 Å². The minimum Gasteiger partial charge on any atom is -0.339 e. The van der Waals surface area contributed by atoms with E-state index >= 15 is 0 Å². The average molecular weight is 468 g/mol. The Hall–Kier alpha value is -4.12. The molecule has 3 aromatic heterocycles. The van der Waals surface area contributed by atoms with Crippen LogP contribution in [0.1, 0.15) is 17.9 Å². The van der Waals surface area contributed by atoms with Crippen LogP contribution in [0, 0.1) is 6.92 Å². The van der Waals surface area contributed by atoms with Crippen molar-refractivity contribution in [3.05, 3.63) is 79.9 Å². The summed E-state index contributed by atoms with van der Waals surface area (Å²) in [6, 6.07) is 10.3. The molecule has 0 fully saturated rings.